The Morgan fingerprint density at radius 3 is 1.71 bits per heavy atom. The lowest BCUT2D eigenvalue weighted by Crippen LogP contribution is -2.27. The third-order valence-electron chi connectivity index (χ3n) is 9.07. The highest BCUT2D eigenvalue weighted by molar-refractivity contribution is 6.18. The summed E-state index contributed by atoms with van der Waals surface area (Å²) < 4.78 is 7.62. The zero-order valence-electron chi connectivity index (χ0n) is 28.9. The Morgan fingerprint density at radius 2 is 1.22 bits per heavy atom. The lowest BCUT2D eigenvalue weighted by Gasteiger charge is -2.22. The van der Waals surface area contributed by atoms with Crippen molar-refractivity contribution in [1.29, 1.82) is 0 Å². The molecule has 7 heteroatoms. The molecule has 0 saturated heterocycles. The fourth-order valence-corrected chi connectivity index (χ4v) is 6.65. The number of benzene rings is 1. The van der Waals surface area contributed by atoms with Gasteiger partial charge in [0.1, 0.15) is 5.82 Å². The number of imidazole rings is 1. The number of aryl methyl sites for hydroxylation is 2. The van der Waals surface area contributed by atoms with Crippen molar-refractivity contribution < 1.29 is 9.53 Å². The van der Waals surface area contributed by atoms with Gasteiger partial charge in [0.2, 0.25) is 0 Å². The summed E-state index contributed by atoms with van der Waals surface area (Å²) in [7, 11) is 2.04. The maximum absolute atomic E-state index is 12.3. The van der Waals surface area contributed by atoms with Crippen molar-refractivity contribution in [2.24, 2.45) is 7.05 Å². The first kappa shape index (κ1) is 39.7. The fraction of sp³-hybridized carbons (Fsp3) is 0.789. The molecule has 0 amide bonds. The molecule has 0 unspecified atom stereocenters. The van der Waals surface area contributed by atoms with E-state index in [1.54, 1.807) is 0 Å². The number of carbonyl (C=O) groups is 1. The van der Waals surface area contributed by atoms with Gasteiger partial charge in [0.15, 0.2) is 0 Å². The molecule has 0 fully saturated rings. The summed E-state index contributed by atoms with van der Waals surface area (Å²) in [6.07, 6.45) is 29.3. The summed E-state index contributed by atoms with van der Waals surface area (Å²) in [4.78, 5) is 19.3. The summed E-state index contributed by atoms with van der Waals surface area (Å²) in [6.45, 7) is 4.34. The minimum absolute atomic E-state index is 0.0911. The highest BCUT2D eigenvalue weighted by atomic mass is 35.5. The second kappa shape index (κ2) is 26.6. The molecule has 2 aromatic rings. The SMILES string of the molecule is CCCCCCCCCCCCCCCCCCCCCCOC(=O)CCCc1nc2cc(N(CCCl)CCCl)ccc2n1C. The number of hydrogen-bond acceptors (Lipinski definition) is 4. The lowest BCUT2D eigenvalue weighted by atomic mass is 10.0. The number of alkyl halides is 2. The molecule has 1 heterocycles. The predicted octanol–water partition coefficient (Wildman–Crippen LogP) is 11.5. The largest absolute Gasteiger partial charge is 0.466 e. The van der Waals surface area contributed by atoms with Gasteiger partial charge < -0.3 is 14.2 Å². The Bertz CT molecular complexity index is 1010. The molecule has 258 valence electrons. The van der Waals surface area contributed by atoms with E-state index >= 15 is 0 Å². The van der Waals surface area contributed by atoms with E-state index in [0.29, 0.717) is 24.8 Å². The Kier molecular flexibility index (Phi) is 23.5. The molecular formula is C38H65Cl2N3O2. The number of halogens is 2. The van der Waals surface area contributed by atoms with E-state index in [0.717, 1.165) is 61.3 Å². The molecule has 0 aliphatic heterocycles. The van der Waals surface area contributed by atoms with Crippen molar-refractivity contribution in [3.05, 3.63) is 24.0 Å². The van der Waals surface area contributed by atoms with E-state index in [4.69, 9.17) is 32.9 Å². The molecule has 0 spiro atoms. The average Bonchev–Trinajstić information content (AvgIpc) is 3.35. The molecule has 5 nitrogen and oxygen atoms in total. The first-order chi connectivity index (χ1) is 22.1. The zero-order valence-corrected chi connectivity index (χ0v) is 30.5. The van der Waals surface area contributed by atoms with Crippen LogP contribution in [0.2, 0.25) is 0 Å². The quantitative estimate of drug-likeness (QED) is 0.0473. The monoisotopic (exact) mass is 665 g/mol. The lowest BCUT2D eigenvalue weighted by molar-refractivity contribution is -0.143. The van der Waals surface area contributed by atoms with Gasteiger partial charge in [-0.1, -0.05) is 129 Å². The van der Waals surface area contributed by atoms with E-state index in [9.17, 15) is 4.79 Å². The van der Waals surface area contributed by atoms with Crippen LogP contribution in [0.3, 0.4) is 0 Å². The highest BCUT2D eigenvalue weighted by Crippen LogP contribution is 2.24. The summed E-state index contributed by atoms with van der Waals surface area (Å²) in [5.74, 6) is 2.01. The molecule has 0 radical (unpaired) electrons. The molecule has 0 N–H and O–H groups in total. The topological polar surface area (TPSA) is 47.4 Å². The van der Waals surface area contributed by atoms with E-state index in [1.807, 2.05) is 7.05 Å². The number of fused-ring (bicyclic) bond motifs is 1. The van der Waals surface area contributed by atoms with Gasteiger partial charge in [-0.05, 0) is 31.0 Å². The molecule has 0 atom stereocenters. The van der Waals surface area contributed by atoms with Gasteiger partial charge in [-0.15, -0.1) is 23.2 Å². The van der Waals surface area contributed by atoms with Crippen LogP contribution in [0.5, 0.6) is 0 Å². The minimum Gasteiger partial charge on any atom is -0.466 e. The maximum Gasteiger partial charge on any atom is 0.305 e. The van der Waals surface area contributed by atoms with Crippen LogP contribution in [-0.4, -0.2) is 47.0 Å². The van der Waals surface area contributed by atoms with Gasteiger partial charge in [0, 0.05) is 50.4 Å². The summed E-state index contributed by atoms with van der Waals surface area (Å²) in [6, 6.07) is 6.31. The first-order valence-electron chi connectivity index (χ1n) is 18.6. The number of carbonyl (C=O) groups excluding carboxylic acids is 1. The molecule has 0 saturated carbocycles. The predicted molar refractivity (Wildman–Crippen MR) is 196 cm³/mol. The third kappa shape index (κ3) is 17.9. The fourth-order valence-electron chi connectivity index (χ4n) is 6.24. The maximum atomic E-state index is 12.3. The van der Waals surface area contributed by atoms with Gasteiger partial charge in [-0.2, -0.15) is 0 Å². The minimum atomic E-state index is -0.0911. The van der Waals surface area contributed by atoms with Crippen molar-refractivity contribution in [3.63, 3.8) is 0 Å². The van der Waals surface area contributed by atoms with Crippen molar-refractivity contribution in [1.82, 2.24) is 9.55 Å². The molecular weight excluding hydrogens is 601 g/mol. The second-order valence-electron chi connectivity index (χ2n) is 12.9. The molecule has 0 aliphatic rings. The second-order valence-corrected chi connectivity index (χ2v) is 13.7. The van der Waals surface area contributed by atoms with E-state index in [1.165, 1.54) is 116 Å². The van der Waals surface area contributed by atoms with Crippen LogP contribution in [0.1, 0.15) is 154 Å². The number of anilines is 1. The van der Waals surface area contributed by atoms with Crippen LogP contribution in [0.15, 0.2) is 18.2 Å². The number of nitrogens with zero attached hydrogens (tertiary/aromatic N) is 3. The van der Waals surface area contributed by atoms with Crippen LogP contribution in [0.25, 0.3) is 11.0 Å². The van der Waals surface area contributed by atoms with E-state index < -0.39 is 0 Å². The van der Waals surface area contributed by atoms with Crippen LogP contribution in [0.4, 0.5) is 5.69 Å². The number of hydrogen-bond donors (Lipinski definition) is 0. The molecule has 2 rings (SSSR count). The zero-order chi connectivity index (χ0) is 32.4. The van der Waals surface area contributed by atoms with E-state index in [-0.39, 0.29) is 5.97 Å². The highest BCUT2D eigenvalue weighted by Gasteiger charge is 2.12. The number of ether oxygens (including phenoxy) is 1. The third-order valence-corrected chi connectivity index (χ3v) is 9.41. The summed E-state index contributed by atoms with van der Waals surface area (Å²) in [5.41, 5.74) is 3.14. The Balaban J connectivity index is 1.41. The molecule has 0 bridgehead atoms. The Hall–Kier alpha value is -1.46. The van der Waals surface area contributed by atoms with Crippen LogP contribution in [-0.2, 0) is 23.0 Å². The first-order valence-corrected chi connectivity index (χ1v) is 19.7. The number of esters is 1. The standard InChI is InChI=1S/C38H65Cl2N3O2/c1-3-4-5-6-7-8-9-10-11-12-13-14-15-16-17-18-19-20-21-22-32-45-38(44)25-23-24-37-41-35-33-34(26-27-36(35)42(37)2)43(30-28-39)31-29-40/h26-27,33H,3-25,28-32H2,1-2H3. The van der Waals surface area contributed by atoms with Gasteiger partial charge in [0.25, 0.3) is 0 Å². The van der Waals surface area contributed by atoms with Crippen molar-refractivity contribution in [3.8, 4) is 0 Å². The Labute approximate surface area is 286 Å². The van der Waals surface area contributed by atoms with Gasteiger partial charge in [-0.3, -0.25) is 4.79 Å². The Morgan fingerprint density at radius 1 is 0.733 bits per heavy atom. The molecule has 1 aromatic heterocycles. The summed E-state index contributed by atoms with van der Waals surface area (Å²) in [5, 5.41) is 0. The number of rotatable bonds is 30. The van der Waals surface area contributed by atoms with Crippen molar-refractivity contribution in [2.45, 2.75) is 155 Å². The van der Waals surface area contributed by atoms with Gasteiger partial charge in [-0.25, -0.2) is 4.98 Å². The van der Waals surface area contributed by atoms with Gasteiger partial charge in [0.05, 0.1) is 17.6 Å². The number of unbranched alkanes of at least 4 members (excludes halogenated alkanes) is 19. The molecule has 45 heavy (non-hydrogen) atoms. The molecule has 1 aromatic carbocycles. The van der Waals surface area contributed by atoms with E-state index in [2.05, 4.69) is 34.6 Å². The number of aromatic nitrogens is 2. The van der Waals surface area contributed by atoms with Crippen molar-refractivity contribution in [2.75, 3.05) is 36.4 Å². The van der Waals surface area contributed by atoms with Crippen molar-refractivity contribution >= 4 is 45.9 Å². The van der Waals surface area contributed by atoms with Crippen LogP contribution < -0.4 is 4.90 Å². The summed E-state index contributed by atoms with van der Waals surface area (Å²) >= 11 is 12.0. The molecule has 0 aliphatic carbocycles. The van der Waals surface area contributed by atoms with Crippen LogP contribution in [0, 0.1) is 0 Å². The smallest absolute Gasteiger partial charge is 0.305 e. The average molecular weight is 667 g/mol. The van der Waals surface area contributed by atoms with Crippen LogP contribution >= 0.6 is 23.2 Å². The van der Waals surface area contributed by atoms with Gasteiger partial charge >= 0.3 is 5.97 Å². The normalized spacial score (nSPS) is 11.5.